The summed E-state index contributed by atoms with van der Waals surface area (Å²) in [6, 6.07) is 9.13. The Morgan fingerprint density at radius 1 is 1.27 bits per heavy atom. The van der Waals surface area contributed by atoms with E-state index in [0.29, 0.717) is 31.1 Å². The number of carbonyl (C=O) groups is 2. The number of nitriles is 1. The van der Waals surface area contributed by atoms with Crippen LogP contribution in [-0.2, 0) is 4.79 Å². The van der Waals surface area contributed by atoms with Crippen LogP contribution in [0.15, 0.2) is 28.7 Å². The van der Waals surface area contributed by atoms with Gasteiger partial charge in [0, 0.05) is 29.7 Å². The highest BCUT2D eigenvalue weighted by Crippen LogP contribution is 2.17. The fourth-order valence-electron chi connectivity index (χ4n) is 2.51. The lowest BCUT2D eigenvalue weighted by Crippen LogP contribution is -2.41. The van der Waals surface area contributed by atoms with Crippen LogP contribution in [0.4, 0.5) is 0 Å². The lowest BCUT2D eigenvalue weighted by molar-refractivity contribution is -0.131. The number of benzene rings is 1. The van der Waals surface area contributed by atoms with Gasteiger partial charge in [-0.2, -0.15) is 5.26 Å². The molecule has 5 nitrogen and oxygen atoms in total. The normalized spacial score (nSPS) is 15.2. The van der Waals surface area contributed by atoms with E-state index in [1.54, 1.807) is 17.0 Å². The van der Waals surface area contributed by atoms with Gasteiger partial charge in [-0.05, 0) is 43.0 Å². The van der Waals surface area contributed by atoms with E-state index in [4.69, 9.17) is 5.26 Å². The second-order valence-electron chi connectivity index (χ2n) is 5.38. The van der Waals surface area contributed by atoms with Crippen molar-refractivity contribution in [3.8, 4) is 6.07 Å². The molecule has 0 spiro atoms. The van der Waals surface area contributed by atoms with Gasteiger partial charge in [-0.3, -0.25) is 9.59 Å². The van der Waals surface area contributed by atoms with E-state index in [1.165, 1.54) is 0 Å². The van der Waals surface area contributed by atoms with Gasteiger partial charge in [-0.15, -0.1) is 0 Å². The third kappa shape index (κ3) is 4.57. The van der Waals surface area contributed by atoms with Crippen LogP contribution in [0, 0.1) is 17.2 Å². The van der Waals surface area contributed by atoms with Crippen molar-refractivity contribution in [3.05, 3.63) is 34.3 Å². The molecule has 6 heteroatoms. The Bertz CT molecular complexity index is 572. The minimum Gasteiger partial charge on any atom is -0.352 e. The molecule has 0 bridgehead atoms. The molecule has 1 aromatic rings. The molecule has 1 heterocycles. The Hall–Kier alpha value is -1.87. The molecule has 0 saturated carbocycles. The van der Waals surface area contributed by atoms with Crippen molar-refractivity contribution in [3.63, 3.8) is 0 Å². The first-order valence-corrected chi connectivity index (χ1v) is 8.08. The molecule has 1 aliphatic heterocycles. The van der Waals surface area contributed by atoms with E-state index >= 15 is 0 Å². The number of nitrogens with zero attached hydrogens (tertiary/aromatic N) is 2. The molecular weight excluding hydrogens is 346 g/mol. The highest BCUT2D eigenvalue weighted by molar-refractivity contribution is 9.10. The maximum absolute atomic E-state index is 12.0. The predicted molar refractivity (Wildman–Crippen MR) is 86.0 cm³/mol. The number of rotatable bonds is 4. The van der Waals surface area contributed by atoms with Gasteiger partial charge in [0.05, 0.1) is 6.07 Å². The first-order chi connectivity index (χ1) is 10.6. The number of nitrogens with one attached hydrogen (secondary N) is 1. The Kier molecular flexibility index (Phi) is 5.96. The molecule has 0 radical (unpaired) electrons. The molecule has 1 N–H and O–H groups in total. The molecule has 0 aromatic heterocycles. The van der Waals surface area contributed by atoms with Crippen LogP contribution in [0.1, 0.15) is 29.6 Å². The zero-order chi connectivity index (χ0) is 15.9. The van der Waals surface area contributed by atoms with Gasteiger partial charge in [0.1, 0.15) is 6.42 Å². The average molecular weight is 364 g/mol. The third-order valence-corrected chi connectivity index (χ3v) is 4.38. The number of piperidine rings is 1. The van der Waals surface area contributed by atoms with Crippen molar-refractivity contribution in [2.45, 2.75) is 19.3 Å². The quantitative estimate of drug-likeness (QED) is 0.891. The Morgan fingerprint density at radius 3 is 2.50 bits per heavy atom. The van der Waals surface area contributed by atoms with E-state index in [2.05, 4.69) is 21.2 Å². The molecule has 1 aliphatic rings. The van der Waals surface area contributed by atoms with E-state index in [0.717, 1.165) is 17.3 Å². The van der Waals surface area contributed by atoms with Crippen molar-refractivity contribution < 1.29 is 9.59 Å². The highest BCUT2D eigenvalue weighted by atomic mass is 79.9. The summed E-state index contributed by atoms with van der Waals surface area (Å²) in [5, 5.41) is 11.5. The van der Waals surface area contributed by atoms with Crippen LogP contribution in [0.5, 0.6) is 0 Å². The number of halogens is 1. The summed E-state index contributed by atoms with van der Waals surface area (Å²) in [6.07, 6.45) is 1.67. The molecule has 0 aliphatic carbocycles. The molecule has 1 saturated heterocycles. The summed E-state index contributed by atoms with van der Waals surface area (Å²) in [4.78, 5) is 25.4. The molecule has 22 heavy (non-hydrogen) atoms. The maximum atomic E-state index is 12.0. The van der Waals surface area contributed by atoms with E-state index in [-0.39, 0.29) is 18.2 Å². The molecule has 2 amide bonds. The largest absolute Gasteiger partial charge is 0.352 e. The summed E-state index contributed by atoms with van der Waals surface area (Å²) < 4.78 is 0.943. The van der Waals surface area contributed by atoms with Crippen LogP contribution < -0.4 is 5.32 Å². The molecule has 1 fully saturated rings. The molecule has 2 rings (SSSR count). The van der Waals surface area contributed by atoms with Gasteiger partial charge in [0.15, 0.2) is 0 Å². The Labute approximate surface area is 138 Å². The van der Waals surface area contributed by atoms with E-state index < -0.39 is 0 Å². The summed E-state index contributed by atoms with van der Waals surface area (Å²) >= 11 is 3.34. The standard InChI is InChI=1S/C16H18BrN3O2/c17-14-3-1-13(2-4-14)16(22)19-11-12-6-9-20(10-7-12)15(21)5-8-18/h1-4,12H,5-7,9-11H2,(H,19,22). The van der Waals surface area contributed by atoms with Crippen LogP contribution in [0.25, 0.3) is 0 Å². The maximum Gasteiger partial charge on any atom is 0.251 e. The predicted octanol–water partition coefficient (Wildman–Crippen LogP) is 2.33. The second kappa shape index (κ2) is 7.95. The number of amides is 2. The van der Waals surface area contributed by atoms with Gasteiger partial charge < -0.3 is 10.2 Å². The van der Waals surface area contributed by atoms with E-state index in [9.17, 15) is 9.59 Å². The van der Waals surface area contributed by atoms with Crippen molar-refractivity contribution in [1.82, 2.24) is 10.2 Å². The van der Waals surface area contributed by atoms with Crippen molar-refractivity contribution in [2.24, 2.45) is 5.92 Å². The number of carbonyl (C=O) groups excluding carboxylic acids is 2. The van der Waals surface area contributed by atoms with E-state index in [1.807, 2.05) is 18.2 Å². The third-order valence-electron chi connectivity index (χ3n) is 3.86. The minimum atomic E-state index is -0.0974. The fraction of sp³-hybridized carbons (Fsp3) is 0.438. The molecule has 0 unspecified atom stereocenters. The van der Waals surface area contributed by atoms with Gasteiger partial charge in [-0.25, -0.2) is 0 Å². The lowest BCUT2D eigenvalue weighted by Gasteiger charge is -2.31. The molecular formula is C16H18BrN3O2. The van der Waals surface area contributed by atoms with Gasteiger partial charge in [-0.1, -0.05) is 15.9 Å². The minimum absolute atomic E-state index is 0.0506. The number of likely N-dealkylation sites (tertiary alicyclic amines) is 1. The van der Waals surface area contributed by atoms with Crippen molar-refractivity contribution in [2.75, 3.05) is 19.6 Å². The molecule has 1 aromatic carbocycles. The second-order valence-corrected chi connectivity index (χ2v) is 6.29. The Morgan fingerprint density at radius 2 is 1.91 bits per heavy atom. The zero-order valence-electron chi connectivity index (χ0n) is 12.2. The van der Waals surface area contributed by atoms with Gasteiger partial charge in [0.25, 0.3) is 5.91 Å². The zero-order valence-corrected chi connectivity index (χ0v) is 13.8. The van der Waals surface area contributed by atoms with Crippen LogP contribution in [0.2, 0.25) is 0 Å². The highest BCUT2D eigenvalue weighted by Gasteiger charge is 2.22. The first kappa shape index (κ1) is 16.5. The number of hydrogen-bond acceptors (Lipinski definition) is 3. The SMILES string of the molecule is N#CCC(=O)N1CCC(CNC(=O)c2ccc(Br)cc2)CC1. The smallest absolute Gasteiger partial charge is 0.251 e. The lowest BCUT2D eigenvalue weighted by atomic mass is 9.96. The Balaban J connectivity index is 1.75. The van der Waals surface area contributed by atoms with Gasteiger partial charge in [0.2, 0.25) is 5.91 Å². The summed E-state index contributed by atoms with van der Waals surface area (Å²) in [5.41, 5.74) is 0.643. The van der Waals surface area contributed by atoms with Gasteiger partial charge >= 0.3 is 0 Å². The average Bonchev–Trinajstić information content (AvgIpc) is 2.54. The fourth-order valence-corrected chi connectivity index (χ4v) is 2.77. The number of hydrogen-bond donors (Lipinski definition) is 1. The van der Waals surface area contributed by atoms with Crippen molar-refractivity contribution in [1.29, 1.82) is 5.26 Å². The summed E-state index contributed by atoms with van der Waals surface area (Å²) in [7, 11) is 0. The monoisotopic (exact) mass is 363 g/mol. The van der Waals surface area contributed by atoms with Crippen LogP contribution in [0.3, 0.4) is 0 Å². The topological polar surface area (TPSA) is 73.2 Å². The first-order valence-electron chi connectivity index (χ1n) is 7.28. The van der Waals surface area contributed by atoms with Crippen LogP contribution in [-0.4, -0.2) is 36.3 Å². The van der Waals surface area contributed by atoms with Crippen LogP contribution >= 0.6 is 15.9 Å². The summed E-state index contributed by atoms with van der Waals surface area (Å²) in [6.45, 7) is 1.95. The summed E-state index contributed by atoms with van der Waals surface area (Å²) in [5.74, 6) is 0.209. The van der Waals surface area contributed by atoms with Crippen molar-refractivity contribution >= 4 is 27.7 Å². The molecule has 0 atom stereocenters. The molecule has 116 valence electrons.